The largest absolute Gasteiger partial charge is 0.358 e. The van der Waals surface area contributed by atoms with Crippen LogP contribution in [0.3, 0.4) is 0 Å². The number of carbonyl (C=O) groups is 1. The first kappa shape index (κ1) is 17.0. The van der Waals surface area contributed by atoms with Gasteiger partial charge in [-0.2, -0.15) is 0 Å². The van der Waals surface area contributed by atoms with Crippen LogP contribution < -0.4 is 5.32 Å². The van der Waals surface area contributed by atoms with Crippen LogP contribution in [0.4, 0.5) is 0 Å². The highest BCUT2D eigenvalue weighted by Gasteiger charge is 2.45. The van der Waals surface area contributed by atoms with Gasteiger partial charge in [-0.25, -0.2) is 0 Å². The quantitative estimate of drug-likeness (QED) is 0.914. The van der Waals surface area contributed by atoms with Gasteiger partial charge in [-0.15, -0.1) is 0 Å². The average molecular weight is 341 g/mol. The topological polar surface area (TPSA) is 35.6 Å². The molecule has 3 fully saturated rings. The van der Waals surface area contributed by atoms with Crippen LogP contribution in [0.5, 0.6) is 0 Å². The summed E-state index contributed by atoms with van der Waals surface area (Å²) in [5.74, 6) is 0.808. The number of hydrogen-bond donors (Lipinski definition) is 1. The molecule has 1 saturated carbocycles. The van der Waals surface area contributed by atoms with Crippen LogP contribution >= 0.6 is 0 Å². The fourth-order valence-electron chi connectivity index (χ4n) is 4.93. The normalized spacial score (nSPS) is 27.3. The maximum Gasteiger partial charge on any atom is 0.233 e. The van der Waals surface area contributed by atoms with Crippen LogP contribution in [-0.4, -0.2) is 61.5 Å². The molecule has 2 saturated heterocycles. The predicted octanol–water partition coefficient (Wildman–Crippen LogP) is 2.47. The molecule has 1 aromatic rings. The third-order valence-corrected chi connectivity index (χ3v) is 6.57. The molecule has 0 aromatic heterocycles. The molecule has 1 unspecified atom stereocenters. The lowest BCUT2D eigenvalue weighted by Crippen LogP contribution is -2.53. The molecule has 1 spiro atoms. The van der Waals surface area contributed by atoms with Crippen LogP contribution in [0.1, 0.15) is 43.6 Å². The van der Waals surface area contributed by atoms with E-state index < -0.39 is 0 Å². The molecule has 0 radical (unpaired) electrons. The Bertz CT molecular complexity index is 590. The first-order valence-corrected chi connectivity index (χ1v) is 9.89. The zero-order valence-corrected chi connectivity index (χ0v) is 15.4. The van der Waals surface area contributed by atoms with E-state index in [0.29, 0.717) is 17.9 Å². The standard InChI is InChI=1S/C21H31N3O/c1-22-20(25)15-23-11-9-21(10-12-23)13-18(17-5-3-2-4-6-17)14-24(16-21)19-7-8-19/h2-6,18-19H,7-16H2,1H3,(H,22,25). The second-order valence-electron chi connectivity index (χ2n) is 8.42. The first-order chi connectivity index (χ1) is 12.2. The van der Waals surface area contributed by atoms with Gasteiger partial charge in [0, 0.05) is 26.2 Å². The monoisotopic (exact) mass is 341 g/mol. The zero-order chi connectivity index (χ0) is 17.3. The van der Waals surface area contributed by atoms with Crippen molar-refractivity contribution in [3.05, 3.63) is 35.9 Å². The van der Waals surface area contributed by atoms with E-state index in [1.165, 1.54) is 50.8 Å². The van der Waals surface area contributed by atoms with Crippen LogP contribution in [0, 0.1) is 5.41 Å². The van der Waals surface area contributed by atoms with E-state index in [-0.39, 0.29) is 5.91 Å². The first-order valence-electron chi connectivity index (χ1n) is 9.89. The fraction of sp³-hybridized carbons (Fsp3) is 0.667. The molecular weight excluding hydrogens is 310 g/mol. The van der Waals surface area contributed by atoms with Crippen molar-refractivity contribution in [1.82, 2.24) is 15.1 Å². The van der Waals surface area contributed by atoms with E-state index >= 15 is 0 Å². The lowest BCUT2D eigenvalue weighted by molar-refractivity contribution is -0.122. The van der Waals surface area contributed by atoms with E-state index in [9.17, 15) is 4.79 Å². The van der Waals surface area contributed by atoms with Crippen molar-refractivity contribution in [1.29, 1.82) is 0 Å². The van der Waals surface area contributed by atoms with E-state index in [2.05, 4.69) is 45.4 Å². The van der Waals surface area contributed by atoms with Crippen molar-refractivity contribution in [2.45, 2.75) is 44.1 Å². The SMILES string of the molecule is CNC(=O)CN1CCC2(CC1)CC(c1ccccc1)CN(C1CC1)C2. The summed E-state index contributed by atoms with van der Waals surface area (Å²) in [6, 6.07) is 12.0. The van der Waals surface area contributed by atoms with E-state index in [1.807, 2.05) is 0 Å². The van der Waals surface area contributed by atoms with Gasteiger partial charge in [-0.3, -0.25) is 14.6 Å². The Morgan fingerprint density at radius 2 is 1.92 bits per heavy atom. The number of hydrogen-bond acceptors (Lipinski definition) is 3. The van der Waals surface area contributed by atoms with Crippen LogP contribution in [0.2, 0.25) is 0 Å². The molecule has 1 aromatic carbocycles. The van der Waals surface area contributed by atoms with Gasteiger partial charge in [-0.05, 0) is 62.1 Å². The fourth-order valence-corrected chi connectivity index (χ4v) is 4.93. The molecule has 4 nitrogen and oxygen atoms in total. The maximum absolute atomic E-state index is 11.7. The summed E-state index contributed by atoms with van der Waals surface area (Å²) >= 11 is 0. The Morgan fingerprint density at radius 3 is 2.56 bits per heavy atom. The molecule has 136 valence electrons. The minimum Gasteiger partial charge on any atom is -0.358 e. The Hall–Kier alpha value is -1.39. The summed E-state index contributed by atoms with van der Waals surface area (Å²) in [5.41, 5.74) is 1.96. The number of amides is 1. The number of carbonyl (C=O) groups excluding carboxylic acids is 1. The molecule has 1 aliphatic carbocycles. The highest BCUT2D eigenvalue weighted by atomic mass is 16.1. The molecule has 1 atom stereocenters. The summed E-state index contributed by atoms with van der Waals surface area (Å²) in [4.78, 5) is 16.8. The molecule has 0 bridgehead atoms. The summed E-state index contributed by atoms with van der Waals surface area (Å²) in [7, 11) is 1.73. The third kappa shape index (κ3) is 3.90. The highest BCUT2D eigenvalue weighted by molar-refractivity contribution is 5.77. The van der Waals surface area contributed by atoms with Gasteiger partial charge < -0.3 is 5.32 Å². The van der Waals surface area contributed by atoms with Gasteiger partial charge >= 0.3 is 0 Å². The number of rotatable bonds is 4. The predicted molar refractivity (Wildman–Crippen MR) is 101 cm³/mol. The van der Waals surface area contributed by atoms with Crippen molar-refractivity contribution in [3.8, 4) is 0 Å². The lowest BCUT2D eigenvalue weighted by Gasteiger charge is -2.50. The number of benzene rings is 1. The molecule has 4 heteroatoms. The van der Waals surface area contributed by atoms with Crippen LogP contribution in [-0.2, 0) is 4.79 Å². The Labute approximate surface area is 151 Å². The van der Waals surface area contributed by atoms with Gasteiger partial charge in [-0.1, -0.05) is 30.3 Å². The highest BCUT2D eigenvalue weighted by Crippen LogP contribution is 2.47. The van der Waals surface area contributed by atoms with Crippen LogP contribution in [0.15, 0.2) is 30.3 Å². The van der Waals surface area contributed by atoms with Gasteiger partial charge in [0.05, 0.1) is 6.54 Å². The van der Waals surface area contributed by atoms with Crippen molar-refractivity contribution in [2.24, 2.45) is 5.41 Å². The van der Waals surface area contributed by atoms with Gasteiger partial charge in [0.15, 0.2) is 0 Å². The zero-order valence-electron chi connectivity index (χ0n) is 15.4. The molecule has 2 aliphatic heterocycles. The number of nitrogens with one attached hydrogen (secondary N) is 1. The summed E-state index contributed by atoms with van der Waals surface area (Å²) < 4.78 is 0. The van der Waals surface area contributed by atoms with Gasteiger partial charge in [0.2, 0.25) is 5.91 Å². The number of likely N-dealkylation sites (N-methyl/N-ethyl adjacent to an activating group) is 1. The number of nitrogens with zero attached hydrogens (tertiary/aromatic N) is 2. The minimum atomic E-state index is 0.140. The Balaban J connectivity index is 1.46. The van der Waals surface area contributed by atoms with E-state index in [0.717, 1.165) is 19.1 Å². The average Bonchev–Trinajstić information content (AvgIpc) is 3.49. The molecular formula is C21H31N3O. The molecule has 4 rings (SSSR count). The minimum absolute atomic E-state index is 0.140. The Kier molecular flexibility index (Phi) is 4.83. The molecule has 25 heavy (non-hydrogen) atoms. The molecule has 2 heterocycles. The summed E-state index contributed by atoms with van der Waals surface area (Å²) in [6.45, 7) is 5.19. The lowest BCUT2D eigenvalue weighted by atomic mass is 9.68. The molecule has 3 aliphatic rings. The number of piperidine rings is 2. The second kappa shape index (κ2) is 7.08. The summed E-state index contributed by atoms with van der Waals surface area (Å²) in [6.07, 6.45) is 6.56. The smallest absolute Gasteiger partial charge is 0.233 e. The van der Waals surface area contributed by atoms with E-state index in [4.69, 9.17) is 0 Å². The van der Waals surface area contributed by atoms with Gasteiger partial charge in [0.25, 0.3) is 0 Å². The van der Waals surface area contributed by atoms with Gasteiger partial charge in [0.1, 0.15) is 0 Å². The third-order valence-electron chi connectivity index (χ3n) is 6.57. The number of likely N-dealkylation sites (tertiary alicyclic amines) is 2. The van der Waals surface area contributed by atoms with Crippen LogP contribution in [0.25, 0.3) is 0 Å². The van der Waals surface area contributed by atoms with E-state index in [1.54, 1.807) is 7.05 Å². The molecule has 1 N–H and O–H groups in total. The second-order valence-corrected chi connectivity index (χ2v) is 8.42. The molecule has 1 amide bonds. The van der Waals surface area contributed by atoms with Crippen molar-refractivity contribution in [2.75, 3.05) is 39.8 Å². The maximum atomic E-state index is 11.7. The Morgan fingerprint density at radius 1 is 1.20 bits per heavy atom. The summed E-state index contributed by atoms with van der Waals surface area (Å²) in [5, 5.41) is 2.75. The van der Waals surface area contributed by atoms with Crippen molar-refractivity contribution < 1.29 is 4.79 Å². The van der Waals surface area contributed by atoms with Crippen molar-refractivity contribution in [3.63, 3.8) is 0 Å². The van der Waals surface area contributed by atoms with Crippen molar-refractivity contribution >= 4 is 5.91 Å².